The van der Waals surface area contributed by atoms with Crippen LogP contribution in [-0.2, 0) is 27.3 Å². The molecule has 2 aromatic carbocycles. The summed E-state index contributed by atoms with van der Waals surface area (Å²) in [5.41, 5.74) is 1.33. The highest BCUT2D eigenvalue weighted by atomic mass is 16.7. The average molecular weight is 427 g/mol. The van der Waals surface area contributed by atoms with Crippen LogP contribution < -0.4 is 5.32 Å². The van der Waals surface area contributed by atoms with Gasteiger partial charge in [0.2, 0.25) is 0 Å². The number of carbonyl (C=O) groups is 2. The molecule has 1 amide bonds. The minimum atomic E-state index is -0.954. The molecule has 1 saturated heterocycles. The van der Waals surface area contributed by atoms with E-state index in [1.165, 1.54) is 0 Å². The highest BCUT2D eigenvalue weighted by molar-refractivity contribution is 5.72. The number of ether oxygens (including phenoxy) is 1. The highest BCUT2D eigenvalue weighted by Crippen LogP contribution is 2.27. The fourth-order valence-electron chi connectivity index (χ4n) is 3.65. The molecule has 0 aliphatic carbocycles. The van der Waals surface area contributed by atoms with Gasteiger partial charge in [0, 0.05) is 13.1 Å². The van der Waals surface area contributed by atoms with Gasteiger partial charge in [-0.25, -0.2) is 4.79 Å². The second-order valence-corrected chi connectivity index (χ2v) is 8.77. The van der Waals surface area contributed by atoms with E-state index in [1.54, 1.807) is 25.8 Å². The summed E-state index contributed by atoms with van der Waals surface area (Å²) in [6, 6.07) is 18.8. The third-order valence-corrected chi connectivity index (χ3v) is 4.98. The molecule has 3 rings (SSSR count). The van der Waals surface area contributed by atoms with E-state index in [0.717, 1.165) is 11.1 Å². The molecule has 0 aromatic heterocycles. The molecule has 1 aliphatic rings. The fourth-order valence-corrected chi connectivity index (χ4v) is 3.65. The van der Waals surface area contributed by atoms with Crippen molar-refractivity contribution in [3.8, 4) is 0 Å². The predicted octanol–water partition coefficient (Wildman–Crippen LogP) is 3.64. The number of alkyl carbamates (subject to hydrolysis) is 1. The quantitative estimate of drug-likeness (QED) is 0.703. The first kappa shape index (κ1) is 22.8. The summed E-state index contributed by atoms with van der Waals surface area (Å²) in [5.74, 6) is -1.74. The number of rotatable bonds is 7. The molecule has 7 heteroatoms. The van der Waals surface area contributed by atoms with Crippen LogP contribution in [0.3, 0.4) is 0 Å². The zero-order valence-corrected chi connectivity index (χ0v) is 18.2. The van der Waals surface area contributed by atoms with Crippen LogP contribution in [0.1, 0.15) is 31.9 Å². The van der Waals surface area contributed by atoms with Crippen molar-refractivity contribution in [1.82, 2.24) is 10.4 Å². The number of aliphatic carboxylic acids is 1. The lowest BCUT2D eigenvalue weighted by Gasteiger charge is -2.28. The van der Waals surface area contributed by atoms with E-state index in [2.05, 4.69) is 5.32 Å². The zero-order chi connectivity index (χ0) is 22.4. The number of hydroxylamine groups is 2. The molecule has 2 aromatic rings. The molecule has 0 saturated carbocycles. The number of hydrogen-bond acceptors (Lipinski definition) is 5. The van der Waals surface area contributed by atoms with Gasteiger partial charge in [0.15, 0.2) is 0 Å². The number of amides is 1. The van der Waals surface area contributed by atoms with E-state index in [-0.39, 0.29) is 6.54 Å². The molecule has 7 nitrogen and oxygen atoms in total. The summed E-state index contributed by atoms with van der Waals surface area (Å²) >= 11 is 0. The molecule has 0 radical (unpaired) electrons. The van der Waals surface area contributed by atoms with Crippen molar-refractivity contribution in [3.63, 3.8) is 0 Å². The molecule has 0 bridgehead atoms. The van der Waals surface area contributed by atoms with Crippen LogP contribution in [0, 0.1) is 5.92 Å². The maximum absolute atomic E-state index is 12.5. The molecular weight excluding hydrogens is 396 g/mol. The number of nitrogens with zero attached hydrogens (tertiary/aromatic N) is 1. The number of carbonyl (C=O) groups excluding carboxylic acids is 1. The molecule has 2 N–H and O–H groups in total. The van der Waals surface area contributed by atoms with Gasteiger partial charge in [-0.3, -0.25) is 9.63 Å². The van der Waals surface area contributed by atoms with Crippen molar-refractivity contribution < 1.29 is 24.3 Å². The van der Waals surface area contributed by atoms with Gasteiger partial charge in [-0.05, 0) is 38.3 Å². The Kier molecular flexibility index (Phi) is 7.30. The predicted molar refractivity (Wildman–Crippen MR) is 116 cm³/mol. The van der Waals surface area contributed by atoms with Crippen LogP contribution in [0.15, 0.2) is 60.7 Å². The number of nitrogens with one attached hydrogen (secondary N) is 1. The zero-order valence-electron chi connectivity index (χ0n) is 18.2. The smallest absolute Gasteiger partial charge is 0.407 e. The molecule has 2 unspecified atom stereocenters. The Morgan fingerprint density at radius 1 is 1.10 bits per heavy atom. The minimum absolute atomic E-state index is 0.232. The maximum Gasteiger partial charge on any atom is 0.407 e. The van der Waals surface area contributed by atoms with E-state index < -0.39 is 35.7 Å². The number of carboxylic acids is 1. The Hall–Kier alpha value is -2.90. The topological polar surface area (TPSA) is 88.1 Å². The van der Waals surface area contributed by atoms with Gasteiger partial charge in [-0.1, -0.05) is 60.7 Å². The van der Waals surface area contributed by atoms with E-state index in [9.17, 15) is 14.7 Å². The SMILES string of the molecule is CC(C)(C)OC(=O)N[C@@H](Cc1ccccc1)C1ON(Cc2ccccc2)CC1C(=O)O. The lowest BCUT2D eigenvalue weighted by atomic mass is 9.92. The van der Waals surface area contributed by atoms with E-state index in [1.807, 2.05) is 60.7 Å². The van der Waals surface area contributed by atoms with Crippen LogP contribution in [0.25, 0.3) is 0 Å². The average Bonchev–Trinajstić information content (AvgIpc) is 3.12. The first-order valence-electron chi connectivity index (χ1n) is 10.4. The van der Waals surface area contributed by atoms with E-state index in [0.29, 0.717) is 13.0 Å². The third-order valence-electron chi connectivity index (χ3n) is 4.98. The first-order chi connectivity index (χ1) is 14.7. The largest absolute Gasteiger partial charge is 0.481 e. The van der Waals surface area contributed by atoms with Gasteiger partial charge in [0.25, 0.3) is 0 Å². The number of carboxylic acid groups (broad SMARTS) is 1. The van der Waals surface area contributed by atoms with Crippen molar-refractivity contribution in [3.05, 3.63) is 71.8 Å². The fraction of sp³-hybridized carbons (Fsp3) is 0.417. The van der Waals surface area contributed by atoms with Crippen LogP contribution in [0.2, 0.25) is 0 Å². The lowest BCUT2D eigenvalue weighted by Crippen LogP contribution is -2.50. The Bertz CT molecular complexity index is 867. The number of benzene rings is 2. The molecule has 166 valence electrons. The number of hydrogen-bond donors (Lipinski definition) is 2. The monoisotopic (exact) mass is 426 g/mol. The normalized spacial score (nSPS) is 20.2. The van der Waals surface area contributed by atoms with Crippen molar-refractivity contribution in [2.75, 3.05) is 6.54 Å². The second kappa shape index (κ2) is 9.94. The molecule has 3 atom stereocenters. The second-order valence-electron chi connectivity index (χ2n) is 8.77. The van der Waals surface area contributed by atoms with Crippen molar-refractivity contribution >= 4 is 12.1 Å². The molecule has 1 aliphatic heterocycles. The standard InChI is InChI=1S/C24H30N2O5/c1-24(2,3)30-23(29)25-20(14-17-10-6-4-7-11-17)21-19(22(27)28)16-26(31-21)15-18-12-8-5-9-13-18/h4-13,19-21H,14-16H2,1-3H3,(H,25,29)(H,27,28)/t19?,20-,21?/m0/s1. The summed E-state index contributed by atoms with van der Waals surface area (Å²) in [6.45, 7) is 6.05. The molecule has 1 heterocycles. The summed E-state index contributed by atoms with van der Waals surface area (Å²) in [6.07, 6.45) is -0.898. The van der Waals surface area contributed by atoms with Gasteiger partial charge < -0.3 is 15.2 Å². The van der Waals surface area contributed by atoms with Gasteiger partial charge in [-0.2, -0.15) is 5.06 Å². The van der Waals surface area contributed by atoms with Crippen LogP contribution in [0.5, 0.6) is 0 Å². The van der Waals surface area contributed by atoms with Crippen molar-refractivity contribution in [2.45, 2.75) is 51.5 Å². The summed E-state index contributed by atoms with van der Waals surface area (Å²) in [4.78, 5) is 30.6. The van der Waals surface area contributed by atoms with Crippen LogP contribution in [0.4, 0.5) is 4.79 Å². The van der Waals surface area contributed by atoms with Crippen molar-refractivity contribution in [1.29, 1.82) is 0 Å². The lowest BCUT2D eigenvalue weighted by molar-refractivity contribution is -0.165. The van der Waals surface area contributed by atoms with Crippen molar-refractivity contribution in [2.24, 2.45) is 5.92 Å². The first-order valence-corrected chi connectivity index (χ1v) is 10.4. The summed E-state index contributed by atoms with van der Waals surface area (Å²) in [7, 11) is 0. The highest BCUT2D eigenvalue weighted by Gasteiger charge is 2.44. The van der Waals surface area contributed by atoms with Gasteiger partial charge in [-0.15, -0.1) is 0 Å². The van der Waals surface area contributed by atoms with Gasteiger partial charge in [0.1, 0.15) is 17.6 Å². The summed E-state index contributed by atoms with van der Waals surface area (Å²) in [5, 5.41) is 14.4. The Morgan fingerprint density at radius 3 is 2.23 bits per heavy atom. The third kappa shape index (κ3) is 6.80. The maximum atomic E-state index is 12.5. The summed E-state index contributed by atoms with van der Waals surface area (Å²) < 4.78 is 5.42. The molecular formula is C24H30N2O5. The Labute approximate surface area is 182 Å². The van der Waals surface area contributed by atoms with Gasteiger partial charge >= 0.3 is 12.1 Å². The van der Waals surface area contributed by atoms with E-state index >= 15 is 0 Å². The van der Waals surface area contributed by atoms with Crippen LogP contribution >= 0.6 is 0 Å². The van der Waals surface area contributed by atoms with Gasteiger partial charge in [0.05, 0.1) is 6.04 Å². The minimum Gasteiger partial charge on any atom is -0.481 e. The van der Waals surface area contributed by atoms with Crippen LogP contribution in [-0.4, -0.2) is 46.5 Å². The Balaban J connectivity index is 1.80. The Morgan fingerprint density at radius 2 is 1.68 bits per heavy atom. The molecule has 0 spiro atoms. The molecule has 1 fully saturated rings. The molecule has 31 heavy (non-hydrogen) atoms. The van der Waals surface area contributed by atoms with E-state index in [4.69, 9.17) is 9.57 Å².